The van der Waals surface area contributed by atoms with E-state index in [2.05, 4.69) is 5.32 Å². The van der Waals surface area contributed by atoms with Crippen molar-refractivity contribution in [2.24, 2.45) is 0 Å². The zero-order valence-corrected chi connectivity index (χ0v) is 18.4. The summed E-state index contributed by atoms with van der Waals surface area (Å²) < 4.78 is 33.3. The third kappa shape index (κ3) is 5.64. The van der Waals surface area contributed by atoms with Gasteiger partial charge in [-0.05, 0) is 55.8 Å². The van der Waals surface area contributed by atoms with E-state index in [9.17, 15) is 13.2 Å². The molecule has 0 unspecified atom stereocenters. The smallest absolute Gasteiger partial charge is 0.264 e. The fourth-order valence-electron chi connectivity index (χ4n) is 3.15. The number of hydrogen-bond donors (Lipinski definition) is 1. The van der Waals surface area contributed by atoms with Gasteiger partial charge in [-0.2, -0.15) is 0 Å². The van der Waals surface area contributed by atoms with Gasteiger partial charge in [0.2, 0.25) is 5.91 Å². The summed E-state index contributed by atoms with van der Waals surface area (Å²) in [6.07, 6.45) is 0. The highest BCUT2D eigenvalue weighted by Crippen LogP contribution is 2.26. The number of carbonyl (C=O) groups is 1. The molecule has 1 N–H and O–H groups in total. The first-order valence-electron chi connectivity index (χ1n) is 10.1. The standard InChI is InChI=1S/C24H26N2O4S/c1-3-30-22-16-14-21(15-17-22)26(31(28,29)23-12-8-5-9-13-23)18-24(27)25-19(2)20-10-6-4-7-11-20/h4-17,19H,3,18H2,1-2H3,(H,25,27)/t19-/m0/s1. The molecule has 6 nitrogen and oxygen atoms in total. The van der Waals surface area contributed by atoms with Crippen LogP contribution in [-0.4, -0.2) is 27.5 Å². The average Bonchev–Trinajstić information content (AvgIpc) is 2.79. The lowest BCUT2D eigenvalue weighted by molar-refractivity contribution is -0.120. The van der Waals surface area contributed by atoms with Crippen molar-refractivity contribution >= 4 is 21.6 Å². The Kier molecular flexibility index (Phi) is 7.31. The largest absolute Gasteiger partial charge is 0.494 e. The lowest BCUT2D eigenvalue weighted by Gasteiger charge is -2.25. The van der Waals surface area contributed by atoms with Gasteiger partial charge in [-0.1, -0.05) is 48.5 Å². The lowest BCUT2D eigenvalue weighted by Crippen LogP contribution is -2.41. The van der Waals surface area contributed by atoms with Crippen molar-refractivity contribution in [3.8, 4) is 5.75 Å². The van der Waals surface area contributed by atoms with E-state index in [1.54, 1.807) is 42.5 Å². The van der Waals surface area contributed by atoms with Gasteiger partial charge in [0.1, 0.15) is 12.3 Å². The molecule has 3 aromatic rings. The molecule has 7 heteroatoms. The van der Waals surface area contributed by atoms with Crippen molar-refractivity contribution in [1.29, 1.82) is 0 Å². The number of nitrogens with one attached hydrogen (secondary N) is 1. The Morgan fingerprint density at radius 2 is 1.52 bits per heavy atom. The maximum atomic E-state index is 13.3. The van der Waals surface area contributed by atoms with Crippen molar-refractivity contribution < 1.29 is 17.9 Å². The van der Waals surface area contributed by atoms with E-state index >= 15 is 0 Å². The molecule has 0 saturated heterocycles. The molecule has 0 aliphatic rings. The Hall–Kier alpha value is -3.32. The van der Waals surface area contributed by atoms with Crippen LogP contribution in [0, 0.1) is 0 Å². The van der Waals surface area contributed by atoms with Gasteiger partial charge in [0.05, 0.1) is 23.2 Å². The zero-order chi connectivity index (χ0) is 22.3. The van der Waals surface area contributed by atoms with Gasteiger partial charge in [0.25, 0.3) is 10.0 Å². The second kappa shape index (κ2) is 10.1. The SMILES string of the molecule is CCOc1ccc(N(CC(=O)N[C@@H](C)c2ccccc2)S(=O)(=O)c2ccccc2)cc1. The molecule has 1 atom stereocenters. The van der Waals surface area contributed by atoms with E-state index in [-0.39, 0.29) is 17.5 Å². The number of hydrogen-bond acceptors (Lipinski definition) is 4. The molecule has 162 valence electrons. The van der Waals surface area contributed by atoms with Crippen molar-refractivity contribution in [2.75, 3.05) is 17.5 Å². The van der Waals surface area contributed by atoms with Crippen LogP contribution in [0.5, 0.6) is 5.75 Å². The number of benzene rings is 3. The highest BCUT2D eigenvalue weighted by Gasteiger charge is 2.27. The molecule has 0 fully saturated rings. The molecular formula is C24H26N2O4S. The maximum Gasteiger partial charge on any atom is 0.264 e. The third-order valence-electron chi connectivity index (χ3n) is 4.73. The van der Waals surface area contributed by atoms with Gasteiger partial charge in [-0.3, -0.25) is 9.10 Å². The lowest BCUT2D eigenvalue weighted by atomic mass is 10.1. The first-order chi connectivity index (χ1) is 14.9. The molecule has 3 rings (SSSR count). The Morgan fingerprint density at radius 1 is 0.935 bits per heavy atom. The minimum atomic E-state index is -3.94. The molecule has 0 aliphatic carbocycles. The number of amides is 1. The van der Waals surface area contributed by atoms with E-state index in [1.807, 2.05) is 44.2 Å². The quantitative estimate of drug-likeness (QED) is 0.544. The molecule has 0 radical (unpaired) electrons. The topological polar surface area (TPSA) is 75.7 Å². The van der Waals surface area contributed by atoms with Crippen LogP contribution in [0.4, 0.5) is 5.69 Å². The summed E-state index contributed by atoms with van der Waals surface area (Å²) in [6.45, 7) is 3.89. The summed E-state index contributed by atoms with van der Waals surface area (Å²) in [5.74, 6) is 0.232. The first-order valence-corrected chi connectivity index (χ1v) is 11.5. The van der Waals surface area contributed by atoms with E-state index in [0.717, 1.165) is 9.87 Å². The second-order valence-corrected chi connectivity index (χ2v) is 8.81. The van der Waals surface area contributed by atoms with Crippen molar-refractivity contribution in [3.05, 3.63) is 90.5 Å². The monoisotopic (exact) mass is 438 g/mol. The summed E-state index contributed by atoms with van der Waals surface area (Å²) in [7, 11) is -3.94. The van der Waals surface area contributed by atoms with E-state index in [1.165, 1.54) is 12.1 Å². The molecule has 0 heterocycles. The molecule has 31 heavy (non-hydrogen) atoms. The third-order valence-corrected chi connectivity index (χ3v) is 6.52. The molecule has 1 amide bonds. The van der Waals surface area contributed by atoms with Crippen LogP contribution < -0.4 is 14.4 Å². The number of ether oxygens (including phenoxy) is 1. The molecular weight excluding hydrogens is 412 g/mol. The number of carbonyl (C=O) groups excluding carboxylic acids is 1. The van der Waals surface area contributed by atoms with Gasteiger partial charge in [-0.15, -0.1) is 0 Å². The Labute approximate surface area is 183 Å². The van der Waals surface area contributed by atoms with Gasteiger partial charge in [0, 0.05) is 0 Å². The molecule has 0 aromatic heterocycles. The second-order valence-electron chi connectivity index (χ2n) is 6.95. The first kappa shape index (κ1) is 22.4. The van der Waals surface area contributed by atoms with E-state index < -0.39 is 15.9 Å². The van der Waals surface area contributed by atoms with E-state index in [4.69, 9.17) is 4.74 Å². The maximum absolute atomic E-state index is 13.3. The van der Waals surface area contributed by atoms with Crippen LogP contribution in [-0.2, 0) is 14.8 Å². The predicted molar refractivity (Wildman–Crippen MR) is 122 cm³/mol. The predicted octanol–water partition coefficient (Wildman–Crippen LogP) is 4.16. The number of rotatable bonds is 9. The Balaban J connectivity index is 1.87. The van der Waals surface area contributed by atoms with Crippen molar-refractivity contribution in [2.45, 2.75) is 24.8 Å². The summed E-state index contributed by atoms with van der Waals surface area (Å²) in [5, 5.41) is 2.88. The summed E-state index contributed by atoms with van der Waals surface area (Å²) in [5.41, 5.74) is 1.32. The van der Waals surface area contributed by atoms with Crippen LogP contribution in [0.15, 0.2) is 89.8 Å². The van der Waals surface area contributed by atoms with Crippen LogP contribution in [0.25, 0.3) is 0 Å². The van der Waals surface area contributed by atoms with Crippen LogP contribution >= 0.6 is 0 Å². The minimum absolute atomic E-state index is 0.118. The zero-order valence-electron chi connectivity index (χ0n) is 17.6. The average molecular weight is 439 g/mol. The molecule has 0 spiro atoms. The number of anilines is 1. The van der Waals surface area contributed by atoms with Gasteiger partial charge >= 0.3 is 0 Å². The number of nitrogens with zero attached hydrogens (tertiary/aromatic N) is 1. The summed E-state index contributed by atoms with van der Waals surface area (Å²) in [6, 6.07) is 24.0. The Bertz CT molecular complexity index is 1090. The molecule has 0 saturated carbocycles. The molecule has 0 aliphatic heterocycles. The van der Waals surface area contributed by atoms with Gasteiger partial charge in [0.15, 0.2) is 0 Å². The molecule has 3 aromatic carbocycles. The van der Waals surface area contributed by atoms with Crippen LogP contribution in [0.3, 0.4) is 0 Å². The highest BCUT2D eigenvalue weighted by atomic mass is 32.2. The fourth-order valence-corrected chi connectivity index (χ4v) is 4.59. The normalized spacial score (nSPS) is 12.1. The minimum Gasteiger partial charge on any atom is -0.494 e. The summed E-state index contributed by atoms with van der Waals surface area (Å²) >= 11 is 0. The van der Waals surface area contributed by atoms with Crippen molar-refractivity contribution in [3.63, 3.8) is 0 Å². The molecule has 0 bridgehead atoms. The number of sulfonamides is 1. The van der Waals surface area contributed by atoms with Gasteiger partial charge < -0.3 is 10.1 Å². The Morgan fingerprint density at radius 3 is 2.10 bits per heavy atom. The highest BCUT2D eigenvalue weighted by molar-refractivity contribution is 7.92. The van der Waals surface area contributed by atoms with E-state index in [0.29, 0.717) is 18.0 Å². The fraction of sp³-hybridized carbons (Fsp3) is 0.208. The van der Waals surface area contributed by atoms with Crippen molar-refractivity contribution in [1.82, 2.24) is 5.32 Å². The van der Waals surface area contributed by atoms with Crippen LogP contribution in [0.1, 0.15) is 25.5 Å². The van der Waals surface area contributed by atoms with Gasteiger partial charge in [-0.25, -0.2) is 8.42 Å². The summed E-state index contributed by atoms with van der Waals surface area (Å²) in [4.78, 5) is 12.9. The van der Waals surface area contributed by atoms with Crippen LogP contribution in [0.2, 0.25) is 0 Å².